The van der Waals surface area contributed by atoms with Crippen molar-refractivity contribution in [1.29, 1.82) is 0 Å². The number of nitrogens with zero attached hydrogens (tertiary/aromatic N) is 1. The van der Waals surface area contributed by atoms with Crippen LogP contribution in [-0.2, 0) is 27.1 Å². The van der Waals surface area contributed by atoms with Gasteiger partial charge in [-0.3, -0.25) is 4.99 Å². The molecule has 7 nitrogen and oxygen atoms in total. The maximum Gasteiger partial charge on any atom is 0.215 e. The predicted octanol–water partition coefficient (Wildman–Crippen LogP) is 2.14. The molecule has 158 valence electrons. The van der Waals surface area contributed by atoms with Crippen LogP contribution in [0.2, 0.25) is 0 Å². The first-order valence-corrected chi connectivity index (χ1v) is 11.7. The zero-order valence-corrected chi connectivity index (χ0v) is 17.9. The summed E-state index contributed by atoms with van der Waals surface area (Å²) in [5.41, 5.74) is 1.82. The highest BCUT2D eigenvalue weighted by molar-refractivity contribution is 7.88. The first kappa shape index (κ1) is 22.6. The van der Waals surface area contributed by atoms with Gasteiger partial charge in [0.05, 0.1) is 18.5 Å². The van der Waals surface area contributed by atoms with Crippen LogP contribution in [0.25, 0.3) is 0 Å². The van der Waals surface area contributed by atoms with Crippen molar-refractivity contribution in [2.45, 2.75) is 56.9 Å². The third kappa shape index (κ3) is 8.58. The minimum Gasteiger partial charge on any atom is -0.376 e. The van der Waals surface area contributed by atoms with Crippen molar-refractivity contribution in [2.24, 2.45) is 4.99 Å². The molecule has 1 fully saturated rings. The number of hydrogen-bond donors (Lipinski definition) is 3. The van der Waals surface area contributed by atoms with E-state index in [9.17, 15) is 8.42 Å². The second-order valence-corrected chi connectivity index (χ2v) is 9.04. The summed E-state index contributed by atoms with van der Waals surface area (Å²) in [7, 11) is -0.0772. The summed E-state index contributed by atoms with van der Waals surface area (Å²) in [6, 6.07) is 7.53. The summed E-state index contributed by atoms with van der Waals surface area (Å²) < 4.78 is 31.5. The molecular formula is C20H34N4O3S. The van der Waals surface area contributed by atoms with E-state index >= 15 is 0 Å². The molecule has 2 rings (SSSR count). The molecule has 28 heavy (non-hydrogen) atoms. The van der Waals surface area contributed by atoms with E-state index < -0.39 is 10.0 Å². The van der Waals surface area contributed by atoms with E-state index in [0.29, 0.717) is 19.3 Å². The van der Waals surface area contributed by atoms with E-state index in [1.54, 1.807) is 7.05 Å². The van der Waals surface area contributed by atoms with Crippen LogP contribution in [0.1, 0.15) is 49.7 Å². The third-order valence-corrected chi connectivity index (χ3v) is 6.26. The SMILES string of the molecule is CN=C(NCCOC1CCCCCC1)NCc1ccc(CS(=O)(=O)NC)cc1. The van der Waals surface area contributed by atoms with Crippen molar-refractivity contribution in [2.75, 3.05) is 27.2 Å². The topological polar surface area (TPSA) is 91.8 Å². The number of nitrogens with one attached hydrogen (secondary N) is 3. The van der Waals surface area contributed by atoms with Crippen LogP contribution in [0.3, 0.4) is 0 Å². The zero-order valence-electron chi connectivity index (χ0n) is 17.0. The van der Waals surface area contributed by atoms with E-state index in [4.69, 9.17) is 4.74 Å². The van der Waals surface area contributed by atoms with Gasteiger partial charge in [-0.05, 0) is 31.0 Å². The first-order valence-electron chi connectivity index (χ1n) is 10.1. The van der Waals surface area contributed by atoms with E-state index in [2.05, 4.69) is 20.3 Å². The number of benzene rings is 1. The van der Waals surface area contributed by atoms with Crippen LogP contribution >= 0.6 is 0 Å². The number of hydrogen-bond acceptors (Lipinski definition) is 4. The molecule has 1 aliphatic carbocycles. The average Bonchev–Trinajstić information content (AvgIpc) is 2.97. The van der Waals surface area contributed by atoms with Gasteiger partial charge in [-0.1, -0.05) is 49.9 Å². The number of rotatable bonds is 9. The fourth-order valence-electron chi connectivity index (χ4n) is 3.25. The monoisotopic (exact) mass is 410 g/mol. The summed E-state index contributed by atoms with van der Waals surface area (Å²) in [6.45, 7) is 2.01. The van der Waals surface area contributed by atoms with Crippen LogP contribution in [0.15, 0.2) is 29.3 Å². The minimum atomic E-state index is -3.24. The Bertz CT molecular complexity index is 697. The molecule has 0 spiro atoms. The molecule has 8 heteroatoms. The Hall–Kier alpha value is -1.64. The van der Waals surface area contributed by atoms with Crippen LogP contribution < -0.4 is 15.4 Å². The number of sulfonamides is 1. The Kier molecular flexibility index (Phi) is 9.73. The summed E-state index contributed by atoms with van der Waals surface area (Å²) in [5, 5.41) is 6.54. The van der Waals surface area contributed by atoms with E-state index in [0.717, 1.165) is 23.6 Å². The molecule has 0 aromatic heterocycles. The zero-order chi connectivity index (χ0) is 20.2. The van der Waals surface area contributed by atoms with Crippen LogP contribution in [-0.4, -0.2) is 47.7 Å². The van der Waals surface area contributed by atoms with E-state index in [-0.39, 0.29) is 5.75 Å². The number of guanidine groups is 1. The van der Waals surface area contributed by atoms with Gasteiger partial charge in [0, 0.05) is 20.1 Å². The Balaban J connectivity index is 1.68. The highest BCUT2D eigenvalue weighted by Gasteiger charge is 2.12. The highest BCUT2D eigenvalue weighted by atomic mass is 32.2. The lowest BCUT2D eigenvalue weighted by molar-refractivity contribution is 0.0468. The maximum absolute atomic E-state index is 11.6. The van der Waals surface area contributed by atoms with Gasteiger partial charge in [-0.2, -0.15) is 0 Å². The van der Waals surface area contributed by atoms with Gasteiger partial charge in [0.25, 0.3) is 0 Å². The smallest absolute Gasteiger partial charge is 0.215 e. The van der Waals surface area contributed by atoms with Crippen LogP contribution in [0.4, 0.5) is 0 Å². The highest BCUT2D eigenvalue weighted by Crippen LogP contribution is 2.19. The van der Waals surface area contributed by atoms with Crippen LogP contribution in [0.5, 0.6) is 0 Å². The Morgan fingerprint density at radius 1 is 1.07 bits per heavy atom. The quantitative estimate of drug-likeness (QED) is 0.251. The van der Waals surface area contributed by atoms with Gasteiger partial charge in [-0.25, -0.2) is 13.1 Å². The minimum absolute atomic E-state index is 0.0125. The summed E-state index contributed by atoms with van der Waals surface area (Å²) in [4.78, 5) is 4.23. The predicted molar refractivity (Wildman–Crippen MR) is 114 cm³/mol. The number of aliphatic imine (C=N–C) groups is 1. The van der Waals surface area contributed by atoms with E-state index in [1.807, 2.05) is 24.3 Å². The first-order chi connectivity index (χ1) is 13.5. The third-order valence-electron chi connectivity index (χ3n) is 4.92. The summed E-state index contributed by atoms with van der Waals surface area (Å²) in [6.07, 6.45) is 7.99. The molecular weight excluding hydrogens is 376 g/mol. The Morgan fingerprint density at radius 2 is 1.71 bits per heavy atom. The molecule has 0 aliphatic heterocycles. The maximum atomic E-state index is 11.6. The van der Waals surface area contributed by atoms with Crippen molar-refractivity contribution in [3.8, 4) is 0 Å². The largest absolute Gasteiger partial charge is 0.376 e. The van der Waals surface area contributed by atoms with Crippen molar-refractivity contribution in [3.63, 3.8) is 0 Å². The molecule has 1 saturated carbocycles. The van der Waals surface area contributed by atoms with Gasteiger partial charge in [-0.15, -0.1) is 0 Å². The molecule has 0 heterocycles. The standard InChI is InChI=1S/C20H34N4O3S/c1-21-20(23-13-14-27-19-7-5-3-4-6-8-19)24-15-17-9-11-18(12-10-17)16-28(25,26)22-2/h9-12,19,22H,3-8,13-16H2,1-2H3,(H2,21,23,24). The molecule has 0 atom stereocenters. The normalized spacial score (nSPS) is 16.6. The molecule has 0 unspecified atom stereocenters. The van der Waals surface area contributed by atoms with Crippen LogP contribution in [0, 0.1) is 0 Å². The Labute approximate surface area is 169 Å². The molecule has 1 aliphatic rings. The summed E-state index contributed by atoms with van der Waals surface area (Å²) >= 11 is 0. The molecule has 0 amide bonds. The molecule has 0 saturated heterocycles. The van der Waals surface area contributed by atoms with Crippen molar-refractivity contribution < 1.29 is 13.2 Å². The molecule has 0 radical (unpaired) electrons. The van der Waals surface area contributed by atoms with E-state index in [1.165, 1.54) is 45.6 Å². The lowest BCUT2D eigenvalue weighted by atomic mass is 10.1. The molecule has 1 aromatic rings. The van der Waals surface area contributed by atoms with Gasteiger partial charge in [0.2, 0.25) is 10.0 Å². The van der Waals surface area contributed by atoms with Crippen molar-refractivity contribution in [3.05, 3.63) is 35.4 Å². The van der Waals surface area contributed by atoms with Gasteiger partial charge in [0.15, 0.2) is 5.96 Å². The molecule has 1 aromatic carbocycles. The average molecular weight is 411 g/mol. The second kappa shape index (κ2) is 12.0. The fourth-order valence-corrected chi connectivity index (χ4v) is 4.03. The van der Waals surface area contributed by atoms with Gasteiger partial charge < -0.3 is 15.4 Å². The molecule has 3 N–H and O–H groups in total. The van der Waals surface area contributed by atoms with Crippen molar-refractivity contribution in [1.82, 2.24) is 15.4 Å². The lowest BCUT2D eigenvalue weighted by Crippen LogP contribution is -2.38. The lowest BCUT2D eigenvalue weighted by Gasteiger charge is -2.17. The van der Waals surface area contributed by atoms with Crippen molar-refractivity contribution >= 4 is 16.0 Å². The molecule has 0 bridgehead atoms. The number of ether oxygens (including phenoxy) is 1. The second-order valence-electron chi connectivity index (χ2n) is 7.12. The summed E-state index contributed by atoms with van der Waals surface area (Å²) in [5.74, 6) is 0.716. The fraction of sp³-hybridized carbons (Fsp3) is 0.650. The van der Waals surface area contributed by atoms with Gasteiger partial charge >= 0.3 is 0 Å². The Morgan fingerprint density at radius 3 is 2.32 bits per heavy atom. The van der Waals surface area contributed by atoms with Gasteiger partial charge in [0.1, 0.15) is 0 Å².